The van der Waals surface area contributed by atoms with Gasteiger partial charge in [0.1, 0.15) is 17.0 Å². The highest BCUT2D eigenvalue weighted by Crippen LogP contribution is 2.43. The van der Waals surface area contributed by atoms with Crippen molar-refractivity contribution < 1.29 is 28.0 Å². The molecule has 0 saturated carbocycles. The Bertz CT molecular complexity index is 1920. The largest absolute Gasteiger partial charge is 0.456 e. The first kappa shape index (κ1) is 30.1. The van der Waals surface area contributed by atoms with E-state index in [4.69, 9.17) is 18.9 Å². The van der Waals surface area contributed by atoms with E-state index in [2.05, 4.69) is 10.0 Å². The summed E-state index contributed by atoms with van der Waals surface area (Å²) in [6.07, 6.45) is 0.353. The number of furan rings is 1. The van der Waals surface area contributed by atoms with Crippen LogP contribution in [0.25, 0.3) is 33.6 Å². The lowest BCUT2D eigenvalue weighted by Crippen LogP contribution is -2.37. The van der Waals surface area contributed by atoms with Crippen LogP contribution < -0.4 is 19.5 Å². The number of ether oxygens (including phenoxy) is 2. The summed E-state index contributed by atoms with van der Waals surface area (Å²) < 4.78 is 35.4. The molecule has 2 aromatic heterocycles. The Morgan fingerprint density at radius 1 is 1.02 bits per heavy atom. The van der Waals surface area contributed by atoms with E-state index in [0.29, 0.717) is 35.9 Å². The van der Waals surface area contributed by atoms with Crippen molar-refractivity contribution in [1.82, 2.24) is 19.3 Å². The van der Waals surface area contributed by atoms with Crippen LogP contribution in [0, 0.1) is 0 Å². The highest BCUT2D eigenvalue weighted by atomic mass is 32.2. The summed E-state index contributed by atoms with van der Waals surface area (Å²) in [7, 11) is 0. The number of aliphatic hydroxyl groups excluding tert-OH is 1. The molecule has 0 aliphatic carbocycles. The normalized spacial score (nSPS) is 16.2. The number of benzene rings is 3. The lowest BCUT2D eigenvalue weighted by molar-refractivity contribution is 0.0945. The van der Waals surface area contributed by atoms with E-state index in [1.807, 2.05) is 90.9 Å². The molecule has 2 aliphatic heterocycles. The highest BCUT2D eigenvalue weighted by molar-refractivity contribution is 7.80. The molecule has 0 spiro atoms. The molecule has 0 fully saturated rings. The van der Waals surface area contributed by atoms with Crippen molar-refractivity contribution in [1.29, 1.82) is 0 Å². The summed E-state index contributed by atoms with van der Waals surface area (Å²) in [5.41, 5.74) is 5.84. The number of hydrogen-bond acceptors (Lipinski definition) is 7. The molecule has 2 aliphatic rings. The molecule has 2 atom stereocenters. The van der Waals surface area contributed by atoms with Crippen LogP contribution in [0.2, 0.25) is 0 Å². The van der Waals surface area contributed by atoms with Crippen molar-refractivity contribution in [2.45, 2.75) is 45.4 Å². The molecule has 236 valence electrons. The first-order chi connectivity index (χ1) is 22.4. The third-order valence-corrected chi connectivity index (χ3v) is 9.55. The lowest BCUT2D eigenvalue weighted by atomic mass is 9.95. The van der Waals surface area contributed by atoms with Crippen LogP contribution in [-0.2, 0) is 24.3 Å². The van der Waals surface area contributed by atoms with E-state index in [1.165, 1.54) is 0 Å². The zero-order chi connectivity index (χ0) is 31.8. The van der Waals surface area contributed by atoms with Crippen molar-refractivity contribution >= 4 is 28.0 Å². The van der Waals surface area contributed by atoms with Crippen molar-refractivity contribution in [3.63, 3.8) is 0 Å². The first-order valence-corrected chi connectivity index (χ1v) is 16.3. The van der Waals surface area contributed by atoms with Gasteiger partial charge < -0.3 is 24.3 Å². The molecule has 1 unspecified atom stereocenters. The van der Waals surface area contributed by atoms with Crippen molar-refractivity contribution in [3.05, 3.63) is 101 Å². The van der Waals surface area contributed by atoms with Gasteiger partial charge in [0.15, 0.2) is 22.7 Å². The van der Waals surface area contributed by atoms with E-state index >= 15 is 0 Å². The average Bonchev–Trinajstić information content (AvgIpc) is 3.80. The number of pyridine rings is 1. The molecule has 3 N–H and O–H groups in total. The Morgan fingerprint density at radius 2 is 1.85 bits per heavy atom. The van der Waals surface area contributed by atoms with Crippen LogP contribution in [0.4, 0.5) is 0 Å². The molecule has 0 saturated heterocycles. The maximum absolute atomic E-state index is 13.6. The molecule has 10 nitrogen and oxygen atoms in total. The van der Waals surface area contributed by atoms with Crippen LogP contribution in [-0.4, -0.2) is 44.0 Å². The van der Waals surface area contributed by atoms with Crippen LogP contribution in [0.5, 0.6) is 11.5 Å². The maximum Gasteiger partial charge on any atom is 0.270 e. The number of carbonyl (C=O) groups is 1. The molecule has 0 radical (unpaired) electrons. The fourth-order valence-electron chi connectivity index (χ4n) is 5.99. The topological polar surface area (TPSA) is 126 Å². The van der Waals surface area contributed by atoms with E-state index in [9.17, 15) is 14.1 Å². The molecule has 0 bridgehead atoms. The maximum atomic E-state index is 13.6. The number of aliphatic hydroxyl groups is 1. The molecular weight excluding hydrogens is 604 g/mol. The number of para-hydroxylation sites is 1. The SMILES string of the molecule is CC(C)NS(=O)N1Cc2cc(C(=O)NCc3ccc4c(c3)OCO4)nc(-c3cccc(-c4cc5ccccc5o4)c3)c2[C@H]1CCO. The first-order valence-electron chi connectivity index (χ1n) is 15.2. The van der Waals surface area contributed by atoms with E-state index < -0.39 is 11.2 Å². The Hall–Kier alpha value is -4.55. The standard InChI is InChI=1S/C35H34N4O6S/c1-21(2)38-46(42)39-19-26-16-27(35(41)36-18-22-10-11-30-32(14-22)44-20-43-30)37-34(33(26)28(39)12-13-40)25-8-5-7-23(15-25)31-17-24-6-3-4-9-29(24)45-31/h3-11,14-17,21,28,38,40H,12-13,18-20H2,1-2H3,(H,36,41)/t28-,46?/m1/s1. The third-order valence-electron chi connectivity index (χ3n) is 8.07. The minimum atomic E-state index is -1.53. The average molecular weight is 639 g/mol. The number of nitrogens with one attached hydrogen (secondary N) is 2. The number of hydrogen-bond donors (Lipinski definition) is 3. The molecule has 1 amide bonds. The summed E-state index contributed by atoms with van der Waals surface area (Å²) in [5, 5.41) is 14.1. The molecule has 5 aromatic rings. The van der Waals surface area contributed by atoms with Gasteiger partial charge in [0.05, 0.1) is 11.7 Å². The Labute approximate surface area is 269 Å². The smallest absolute Gasteiger partial charge is 0.270 e. The van der Waals surface area contributed by atoms with Crippen LogP contribution in [0.3, 0.4) is 0 Å². The Morgan fingerprint density at radius 3 is 2.67 bits per heavy atom. The second-order valence-electron chi connectivity index (χ2n) is 11.7. The van der Waals surface area contributed by atoms with Gasteiger partial charge in [-0.25, -0.2) is 13.9 Å². The molecular formula is C35H34N4O6S. The Kier molecular flexibility index (Phi) is 8.31. The van der Waals surface area contributed by atoms with Gasteiger partial charge in [-0.15, -0.1) is 0 Å². The summed E-state index contributed by atoms with van der Waals surface area (Å²) in [6, 6.07) is 24.6. The summed E-state index contributed by atoms with van der Waals surface area (Å²) >= 11 is -1.53. The van der Waals surface area contributed by atoms with Crippen molar-refractivity contribution in [2.24, 2.45) is 0 Å². The van der Waals surface area contributed by atoms with Gasteiger partial charge in [0, 0.05) is 47.8 Å². The monoisotopic (exact) mass is 638 g/mol. The highest BCUT2D eigenvalue weighted by Gasteiger charge is 2.37. The second-order valence-corrected chi connectivity index (χ2v) is 12.9. The molecule has 3 aromatic carbocycles. The number of rotatable bonds is 10. The quantitative estimate of drug-likeness (QED) is 0.181. The number of carbonyl (C=O) groups excluding carboxylic acids is 1. The summed E-state index contributed by atoms with van der Waals surface area (Å²) in [6.45, 7) is 4.54. The van der Waals surface area contributed by atoms with Gasteiger partial charge in [-0.05, 0) is 67.8 Å². The van der Waals surface area contributed by atoms with Gasteiger partial charge >= 0.3 is 0 Å². The molecule has 46 heavy (non-hydrogen) atoms. The second kappa shape index (κ2) is 12.7. The number of aromatic nitrogens is 1. The van der Waals surface area contributed by atoms with Crippen LogP contribution in [0.1, 0.15) is 53.5 Å². The number of fused-ring (bicyclic) bond motifs is 3. The molecule has 7 rings (SSSR count). The number of amides is 1. The van der Waals surface area contributed by atoms with Gasteiger partial charge in [0.2, 0.25) is 6.79 Å². The minimum absolute atomic E-state index is 0.0186. The zero-order valence-electron chi connectivity index (χ0n) is 25.5. The zero-order valence-corrected chi connectivity index (χ0v) is 26.3. The fourth-order valence-corrected chi connectivity index (χ4v) is 7.23. The van der Waals surface area contributed by atoms with Crippen LogP contribution in [0.15, 0.2) is 83.3 Å². The lowest BCUT2D eigenvalue weighted by Gasteiger charge is -2.25. The predicted octanol–water partition coefficient (Wildman–Crippen LogP) is 5.64. The molecule has 4 heterocycles. The fraction of sp³-hybridized carbons (Fsp3) is 0.257. The van der Waals surface area contributed by atoms with E-state index in [-0.39, 0.29) is 43.6 Å². The Balaban J connectivity index is 1.27. The van der Waals surface area contributed by atoms with E-state index in [0.717, 1.165) is 38.8 Å². The van der Waals surface area contributed by atoms with E-state index in [1.54, 1.807) is 6.07 Å². The molecule has 11 heteroatoms. The number of nitrogens with zero attached hydrogens (tertiary/aromatic N) is 2. The summed E-state index contributed by atoms with van der Waals surface area (Å²) in [5.74, 6) is 1.70. The van der Waals surface area contributed by atoms with Gasteiger partial charge in [-0.3, -0.25) is 4.79 Å². The van der Waals surface area contributed by atoms with Crippen molar-refractivity contribution in [2.75, 3.05) is 13.4 Å². The van der Waals surface area contributed by atoms with Gasteiger partial charge in [0.25, 0.3) is 5.91 Å². The van der Waals surface area contributed by atoms with Crippen LogP contribution >= 0.6 is 0 Å². The summed E-state index contributed by atoms with van der Waals surface area (Å²) in [4.78, 5) is 18.6. The van der Waals surface area contributed by atoms with Crippen molar-refractivity contribution in [3.8, 4) is 34.1 Å². The third kappa shape index (κ3) is 5.90. The van der Waals surface area contributed by atoms with Gasteiger partial charge in [-0.2, -0.15) is 4.31 Å². The van der Waals surface area contributed by atoms with Gasteiger partial charge in [-0.1, -0.05) is 42.5 Å². The minimum Gasteiger partial charge on any atom is -0.456 e. The predicted molar refractivity (Wildman–Crippen MR) is 175 cm³/mol.